The van der Waals surface area contributed by atoms with Crippen LogP contribution in [0.25, 0.3) is 5.52 Å². The molecule has 4 rings (SSSR count). The van der Waals surface area contributed by atoms with Crippen LogP contribution < -0.4 is 10.1 Å². The van der Waals surface area contributed by atoms with Crippen LogP contribution in [0.1, 0.15) is 27.2 Å². The minimum Gasteiger partial charge on any atom is -0.497 e. The molecular formula is C24H18BrN3O2. The summed E-state index contributed by atoms with van der Waals surface area (Å²) in [7, 11) is 1.63. The number of fused-ring (bicyclic) bond motifs is 1. The van der Waals surface area contributed by atoms with Gasteiger partial charge >= 0.3 is 0 Å². The lowest BCUT2D eigenvalue weighted by Gasteiger charge is -2.10. The smallest absolute Gasteiger partial charge is 0.209 e. The summed E-state index contributed by atoms with van der Waals surface area (Å²) in [5.74, 6) is 0.663. The van der Waals surface area contributed by atoms with Gasteiger partial charge in [-0.05, 0) is 76.1 Å². The van der Waals surface area contributed by atoms with Crippen LogP contribution in [0.3, 0.4) is 0 Å². The molecule has 0 spiro atoms. The average molecular weight is 460 g/mol. The van der Waals surface area contributed by atoms with E-state index < -0.39 is 0 Å². The molecule has 5 nitrogen and oxygen atoms in total. The Bertz CT molecular complexity index is 1270. The number of carbonyl (C=O) groups excluding carboxylic acids is 1. The van der Waals surface area contributed by atoms with Gasteiger partial charge < -0.3 is 14.5 Å². The van der Waals surface area contributed by atoms with Crippen LogP contribution in [0.4, 0.5) is 5.69 Å². The van der Waals surface area contributed by atoms with Crippen molar-refractivity contribution >= 4 is 32.9 Å². The standard InChI is InChI=1S/C24H18BrN3O2/c1-30-19-7-4-16(5-8-19)15-27-21-9-6-17(13-18(21)14-26)24(29)23-11-10-22-20(25)3-2-12-28(22)23/h2-13,27H,15H2,1H3. The van der Waals surface area contributed by atoms with Gasteiger partial charge in [-0.15, -0.1) is 0 Å². The quantitative estimate of drug-likeness (QED) is 0.390. The summed E-state index contributed by atoms with van der Waals surface area (Å²) in [6.45, 7) is 0.559. The molecule has 2 aromatic carbocycles. The molecule has 1 N–H and O–H groups in total. The fraction of sp³-hybridized carbons (Fsp3) is 0.0833. The number of nitriles is 1. The second-order valence-electron chi connectivity index (χ2n) is 6.73. The minimum atomic E-state index is -0.133. The maximum atomic E-state index is 13.1. The predicted molar refractivity (Wildman–Crippen MR) is 120 cm³/mol. The number of benzene rings is 2. The molecule has 148 valence electrons. The topological polar surface area (TPSA) is 66.5 Å². The third kappa shape index (κ3) is 3.80. The monoisotopic (exact) mass is 459 g/mol. The maximum Gasteiger partial charge on any atom is 0.209 e. The van der Waals surface area contributed by atoms with E-state index in [4.69, 9.17) is 4.74 Å². The van der Waals surface area contributed by atoms with E-state index in [1.807, 2.05) is 53.1 Å². The SMILES string of the molecule is COc1ccc(CNc2ccc(C(=O)c3ccc4c(Br)cccn34)cc2C#N)cc1. The summed E-state index contributed by atoms with van der Waals surface area (Å²) < 4.78 is 7.93. The first-order valence-corrected chi connectivity index (χ1v) is 10.1. The normalized spacial score (nSPS) is 10.6. The molecule has 2 heterocycles. The Morgan fingerprint density at radius 2 is 1.93 bits per heavy atom. The van der Waals surface area contributed by atoms with E-state index in [1.54, 1.807) is 31.4 Å². The fourth-order valence-corrected chi connectivity index (χ4v) is 3.78. The summed E-state index contributed by atoms with van der Waals surface area (Å²) in [5, 5.41) is 12.9. The number of ketones is 1. The molecule has 0 radical (unpaired) electrons. The Labute approximate surface area is 182 Å². The van der Waals surface area contributed by atoms with Gasteiger partial charge in [-0.1, -0.05) is 12.1 Å². The molecular weight excluding hydrogens is 442 g/mol. The Balaban J connectivity index is 1.57. The number of anilines is 1. The van der Waals surface area contributed by atoms with Gasteiger partial charge in [0, 0.05) is 22.8 Å². The van der Waals surface area contributed by atoms with Crippen molar-refractivity contribution in [2.24, 2.45) is 0 Å². The highest BCUT2D eigenvalue weighted by Crippen LogP contribution is 2.24. The Kier molecular flexibility index (Phi) is 5.55. The van der Waals surface area contributed by atoms with Crippen molar-refractivity contribution in [3.63, 3.8) is 0 Å². The number of carbonyl (C=O) groups is 1. The Morgan fingerprint density at radius 1 is 1.13 bits per heavy atom. The number of hydrogen-bond acceptors (Lipinski definition) is 4. The fourth-order valence-electron chi connectivity index (χ4n) is 3.31. The molecule has 0 fully saturated rings. The highest BCUT2D eigenvalue weighted by molar-refractivity contribution is 9.10. The number of rotatable bonds is 6. The summed E-state index contributed by atoms with van der Waals surface area (Å²) in [6, 6.07) is 22.6. The molecule has 0 aliphatic heterocycles. The van der Waals surface area contributed by atoms with E-state index in [0.29, 0.717) is 29.1 Å². The van der Waals surface area contributed by atoms with Gasteiger partial charge in [0.15, 0.2) is 0 Å². The van der Waals surface area contributed by atoms with Crippen LogP contribution in [-0.2, 0) is 6.54 Å². The van der Waals surface area contributed by atoms with Crippen molar-refractivity contribution in [1.29, 1.82) is 5.26 Å². The van der Waals surface area contributed by atoms with Gasteiger partial charge in [0.1, 0.15) is 11.8 Å². The lowest BCUT2D eigenvalue weighted by atomic mass is 10.0. The highest BCUT2D eigenvalue weighted by Gasteiger charge is 2.16. The van der Waals surface area contributed by atoms with Crippen LogP contribution in [0.2, 0.25) is 0 Å². The lowest BCUT2D eigenvalue weighted by molar-refractivity contribution is 0.103. The molecule has 0 aliphatic rings. The number of methoxy groups -OCH3 is 1. The first kappa shape index (κ1) is 19.7. The van der Waals surface area contributed by atoms with Gasteiger partial charge in [-0.3, -0.25) is 4.79 Å². The van der Waals surface area contributed by atoms with E-state index >= 15 is 0 Å². The zero-order valence-electron chi connectivity index (χ0n) is 16.2. The third-order valence-corrected chi connectivity index (χ3v) is 5.59. The number of nitrogens with one attached hydrogen (secondary N) is 1. The largest absolute Gasteiger partial charge is 0.497 e. The Hall–Kier alpha value is -3.56. The minimum absolute atomic E-state index is 0.133. The summed E-state index contributed by atoms with van der Waals surface area (Å²) in [5.41, 5.74) is 4.11. The molecule has 4 aromatic rings. The molecule has 0 bridgehead atoms. The summed E-state index contributed by atoms with van der Waals surface area (Å²) >= 11 is 3.50. The van der Waals surface area contributed by atoms with Gasteiger partial charge in [0.2, 0.25) is 5.78 Å². The summed E-state index contributed by atoms with van der Waals surface area (Å²) in [6.07, 6.45) is 1.85. The number of ether oxygens (including phenoxy) is 1. The van der Waals surface area contributed by atoms with Crippen LogP contribution in [0.15, 0.2) is 77.4 Å². The highest BCUT2D eigenvalue weighted by atomic mass is 79.9. The van der Waals surface area contributed by atoms with Crippen LogP contribution >= 0.6 is 15.9 Å². The Morgan fingerprint density at radius 3 is 2.67 bits per heavy atom. The first-order chi connectivity index (χ1) is 14.6. The second-order valence-corrected chi connectivity index (χ2v) is 7.59. The van der Waals surface area contributed by atoms with Gasteiger partial charge in [0.25, 0.3) is 0 Å². The number of hydrogen-bond donors (Lipinski definition) is 1. The van der Waals surface area contributed by atoms with Crippen molar-refractivity contribution < 1.29 is 9.53 Å². The van der Waals surface area contributed by atoms with E-state index in [-0.39, 0.29) is 5.78 Å². The molecule has 30 heavy (non-hydrogen) atoms. The molecule has 0 saturated heterocycles. The van der Waals surface area contributed by atoms with Crippen LogP contribution in [0, 0.1) is 11.3 Å². The number of halogens is 1. The number of aromatic nitrogens is 1. The zero-order chi connectivity index (χ0) is 21.1. The van der Waals surface area contributed by atoms with E-state index in [9.17, 15) is 10.1 Å². The lowest BCUT2D eigenvalue weighted by Crippen LogP contribution is -2.07. The molecule has 0 amide bonds. The molecule has 0 saturated carbocycles. The predicted octanol–water partition coefficient (Wildman–Crippen LogP) is 5.43. The van der Waals surface area contributed by atoms with E-state index in [1.165, 1.54) is 0 Å². The van der Waals surface area contributed by atoms with E-state index in [2.05, 4.69) is 27.3 Å². The van der Waals surface area contributed by atoms with Crippen molar-refractivity contribution in [3.8, 4) is 11.8 Å². The number of pyridine rings is 1. The van der Waals surface area contributed by atoms with Gasteiger partial charge in [-0.25, -0.2) is 0 Å². The maximum absolute atomic E-state index is 13.1. The van der Waals surface area contributed by atoms with Crippen molar-refractivity contribution in [2.45, 2.75) is 6.54 Å². The molecule has 6 heteroatoms. The van der Waals surface area contributed by atoms with Crippen LogP contribution in [0.5, 0.6) is 5.75 Å². The molecule has 0 atom stereocenters. The van der Waals surface area contributed by atoms with Crippen LogP contribution in [-0.4, -0.2) is 17.3 Å². The molecule has 0 aliphatic carbocycles. The van der Waals surface area contributed by atoms with Crippen molar-refractivity contribution in [3.05, 3.63) is 99.8 Å². The van der Waals surface area contributed by atoms with Gasteiger partial charge in [-0.2, -0.15) is 5.26 Å². The summed E-state index contributed by atoms with van der Waals surface area (Å²) in [4.78, 5) is 13.1. The second kappa shape index (κ2) is 8.44. The van der Waals surface area contributed by atoms with Gasteiger partial charge in [0.05, 0.1) is 29.6 Å². The number of nitrogens with zero attached hydrogens (tertiary/aromatic N) is 2. The molecule has 0 unspecified atom stereocenters. The average Bonchev–Trinajstić information content (AvgIpc) is 3.23. The zero-order valence-corrected chi connectivity index (χ0v) is 17.8. The molecule has 2 aromatic heterocycles. The third-order valence-electron chi connectivity index (χ3n) is 4.92. The van der Waals surface area contributed by atoms with Crippen molar-refractivity contribution in [2.75, 3.05) is 12.4 Å². The first-order valence-electron chi connectivity index (χ1n) is 9.32. The van der Waals surface area contributed by atoms with E-state index in [0.717, 1.165) is 21.3 Å². The van der Waals surface area contributed by atoms with Crippen molar-refractivity contribution in [1.82, 2.24) is 4.40 Å².